The first kappa shape index (κ1) is 22.6. The molecule has 3 aromatic rings. The van der Waals surface area contributed by atoms with Crippen LogP contribution in [0.25, 0.3) is 11.3 Å². The number of nitrogens with zero attached hydrogens (tertiary/aromatic N) is 3. The zero-order valence-corrected chi connectivity index (χ0v) is 17.7. The Morgan fingerprint density at radius 1 is 0.968 bits per heavy atom. The summed E-state index contributed by atoms with van der Waals surface area (Å²) < 4.78 is 15.8. The number of amides is 1. The number of H-pyrrole nitrogens is 1. The van der Waals surface area contributed by atoms with Crippen molar-refractivity contribution in [2.45, 2.75) is 13.1 Å². The number of rotatable bonds is 13. The number of hydrogen-bond acceptors (Lipinski definition) is 6. The predicted octanol–water partition coefficient (Wildman–Crippen LogP) is 2.68. The van der Waals surface area contributed by atoms with E-state index in [1.54, 1.807) is 24.4 Å². The molecule has 3 rings (SSSR count). The summed E-state index contributed by atoms with van der Waals surface area (Å²) in [5.74, 6) is -0.122. The Bertz CT molecular complexity index is 902. The van der Waals surface area contributed by atoms with Gasteiger partial charge in [-0.15, -0.1) is 0 Å². The number of aromatic nitrogens is 3. The highest BCUT2D eigenvalue weighted by atomic mass is 16.5. The van der Waals surface area contributed by atoms with Crippen LogP contribution in [0.4, 0.5) is 0 Å². The first-order chi connectivity index (χ1) is 15.3. The van der Waals surface area contributed by atoms with Crippen molar-refractivity contribution < 1.29 is 19.0 Å². The van der Waals surface area contributed by atoms with E-state index in [0.717, 1.165) is 22.5 Å². The van der Waals surface area contributed by atoms with E-state index in [1.165, 1.54) is 0 Å². The minimum Gasteiger partial charge on any atom is -0.382 e. The van der Waals surface area contributed by atoms with Gasteiger partial charge in [-0.05, 0) is 17.7 Å². The van der Waals surface area contributed by atoms with Gasteiger partial charge in [0, 0.05) is 25.4 Å². The molecule has 0 radical (unpaired) electrons. The lowest BCUT2D eigenvalue weighted by Crippen LogP contribution is -2.34. The third-order valence-corrected chi connectivity index (χ3v) is 4.60. The van der Waals surface area contributed by atoms with Gasteiger partial charge in [-0.2, -0.15) is 5.10 Å². The van der Waals surface area contributed by atoms with Crippen molar-refractivity contribution in [2.75, 3.05) is 40.1 Å². The van der Waals surface area contributed by atoms with Gasteiger partial charge in [0.1, 0.15) is 6.61 Å². The van der Waals surface area contributed by atoms with Crippen molar-refractivity contribution in [3.8, 4) is 11.3 Å². The van der Waals surface area contributed by atoms with Gasteiger partial charge in [0.15, 0.2) is 0 Å². The Labute approximate surface area is 182 Å². The van der Waals surface area contributed by atoms with Crippen molar-refractivity contribution >= 4 is 5.91 Å². The fourth-order valence-corrected chi connectivity index (χ4v) is 3.02. The predicted molar refractivity (Wildman–Crippen MR) is 116 cm³/mol. The van der Waals surface area contributed by atoms with Gasteiger partial charge in [0.05, 0.1) is 50.6 Å². The molecule has 0 saturated heterocycles. The van der Waals surface area contributed by atoms with Crippen LogP contribution in [0, 0.1) is 0 Å². The molecule has 31 heavy (non-hydrogen) atoms. The highest BCUT2D eigenvalue weighted by Crippen LogP contribution is 2.22. The second kappa shape index (κ2) is 12.6. The second-order valence-corrected chi connectivity index (χ2v) is 6.86. The fourth-order valence-electron chi connectivity index (χ4n) is 3.02. The molecule has 0 aliphatic carbocycles. The Hall–Kier alpha value is -3.07. The van der Waals surface area contributed by atoms with E-state index in [2.05, 4.69) is 15.2 Å². The molecule has 2 heterocycles. The first-order valence-electron chi connectivity index (χ1n) is 10.2. The molecular formula is C23H28N4O4. The molecule has 8 nitrogen and oxygen atoms in total. The monoisotopic (exact) mass is 424 g/mol. The standard InChI is InChI=1S/C23H28N4O4/c1-29-11-12-30-13-14-31-18-22(28)27(17-21-9-5-6-10-24-21)16-20-15-25-26-23(20)19-7-3-2-4-8-19/h2-10,15H,11-14,16-18H2,1H3,(H,25,26). The van der Waals surface area contributed by atoms with Crippen molar-refractivity contribution in [1.29, 1.82) is 0 Å². The Morgan fingerprint density at radius 2 is 1.74 bits per heavy atom. The lowest BCUT2D eigenvalue weighted by Gasteiger charge is -2.22. The number of nitrogens with one attached hydrogen (secondary N) is 1. The van der Waals surface area contributed by atoms with Crippen molar-refractivity contribution in [2.24, 2.45) is 0 Å². The molecule has 164 valence electrons. The van der Waals surface area contributed by atoms with E-state index in [4.69, 9.17) is 14.2 Å². The van der Waals surface area contributed by atoms with Crippen LogP contribution in [0.15, 0.2) is 60.9 Å². The van der Waals surface area contributed by atoms with Gasteiger partial charge in [0.2, 0.25) is 5.91 Å². The number of ether oxygens (including phenoxy) is 3. The van der Waals surface area contributed by atoms with E-state index in [9.17, 15) is 4.79 Å². The van der Waals surface area contributed by atoms with Gasteiger partial charge in [-0.1, -0.05) is 36.4 Å². The summed E-state index contributed by atoms with van der Waals surface area (Å²) in [6.07, 6.45) is 3.48. The van der Waals surface area contributed by atoms with Crippen LogP contribution < -0.4 is 0 Å². The molecule has 0 fully saturated rings. The Balaban J connectivity index is 1.63. The normalized spacial score (nSPS) is 10.9. The molecule has 0 bridgehead atoms. The Morgan fingerprint density at radius 3 is 2.52 bits per heavy atom. The summed E-state index contributed by atoms with van der Waals surface area (Å²) in [6.45, 7) is 2.54. The van der Waals surface area contributed by atoms with Crippen LogP contribution in [0.2, 0.25) is 0 Å². The lowest BCUT2D eigenvalue weighted by molar-refractivity contribution is -0.138. The largest absolute Gasteiger partial charge is 0.382 e. The van der Waals surface area contributed by atoms with Crippen LogP contribution in [-0.4, -0.2) is 66.1 Å². The highest BCUT2D eigenvalue weighted by Gasteiger charge is 2.18. The second-order valence-electron chi connectivity index (χ2n) is 6.86. The number of pyridine rings is 1. The summed E-state index contributed by atoms with van der Waals surface area (Å²) in [6, 6.07) is 15.6. The summed E-state index contributed by atoms with van der Waals surface area (Å²) in [5, 5.41) is 7.24. The van der Waals surface area contributed by atoms with Gasteiger partial charge in [-0.25, -0.2) is 0 Å². The Kier molecular flexibility index (Phi) is 9.18. The average molecular weight is 425 g/mol. The van der Waals surface area contributed by atoms with E-state index in [0.29, 0.717) is 39.5 Å². The molecule has 0 aliphatic rings. The van der Waals surface area contributed by atoms with Crippen LogP contribution in [0.3, 0.4) is 0 Å². The molecule has 1 amide bonds. The van der Waals surface area contributed by atoms with Crippen LogP contribution in [0.1, 0.15) is 11.3 Å². The van der Waals surface area contributed by atoms with Crippen molar-refractivity contribution in [1.82, 2.24) is 20.1 Å². The van der Waals surface area contributed by atoms with Crippen LogP contribution >= 0.6 is 0 Å². The lowest BCUT2D eigenvalue weighted by atomic mass is 10.1. The van der Waals surface area contributed by atoms with Crippen molar-refractivity contribution in [3.63, 3.8) is 0 Å². The maximum atomic E-state index is 12.9. The molecule has 0 aliphatic heterocycles. The first-order valence-corrected chi connectivity index (χ1v) is 10.2. The fraction of sp³-hybridized carbons (Fsp3) is 0.348. The number of methoxy groups -OCH3 is 1. The number of hydrogen-bond donors (Lipinski definition) is 1. The molecule has 0 atom stereocenters. The number of carbonyl (C=O) groups excluding carboxylic acids is 1. The minimum atomic E-state index is -0.122. The number of benzene rings is 1. The van der Waals surface area contributed by atoms with Gasteiger partial charge < -0.3 is 19.1 Å². The van der Waals surface area contributed by atoms with E-state index in [-0.39, 0.29) is 12.5 Å². The molecule has 0 saturated carbocycles. The number of aromatic amines is 1. The average Bonchev–Trinajstić information content (AvgIpc) is 3.27. The van der Waals surface area contributed by atoms with E-state index < -0.39 is 0 Å². The minimum absolute atomic E-state index is 0.0288. The smallest absolute Gasteiger partial charge is 0.249 e. The molecule has 1 N–H and O–H groups in total. The zero-order chi connectivity index (χ0) is 21.7. The highest BCUT2D eigenvalue weighted by molar-refractivity contribution is 5.77. The molecule has 0 spiro atoms. The molecule has 0 unspecified atom stereocenters. The number of carbonyl (C=O) groups is 1. The van der Waals surface area contributed by atoms with Gasteiger partial charge >= 0.3 is 0 Å². The van der Waals surface area contributed by atoms with Crippen molar-refractivity contribution in [3.05, 3.63) is 72.2 Å². The van der Waals surface area contributed by atoms with Gasteiger partial charge in [-0.3, -0.25) is 14.9 Å². The third-order valence-electron chi connectivity index (χ3n) is 4.60. The molecular weight excluding hydrogens is 396 g/mol. The molecule has 2 aromatic heterocycles. The third kappa shape index (κ3) is 7.29. The summed E-state index contributed by atoms with van der Waals surface area (Å²) in [5.41, 5.74) is 3.65. The SMILES string of the molecule is COCCOCCOCC(=O)N(Cc1ccccn1)Cc1cn[nH]c1-c1ccccc1. The van der Waals surface area contributed by atoms with E-state index >= 15 is 0 Å². The van der Waals surface area contributed by atoms with Crippen LogP contribution in [0.5, 0.6) is 0 Å². The molecule has 1 aromatic carbocycles. The van der Waals surface area contributed by atoms with Gasteiger partial charge in [0.25, 0.3) is 0 Å². The van der Waals surface area contributed by atoms with E-state index in [1.807, 2.05) is 48.5 Å². The van der Waals surface area contributed by atoms with Crippen LogP contribution in [-0.2, 0) is 32.1 Å². The quantitative estimate of drug-likeness (QED) is 0.425. The maximum absolute atomic E-state index is 12.9. The summed E-state index contributed by atoms with van der Waals surface area (Å²) in [7, 11) is 1.62. The summed E-state index contributed by atoms with van der Waals surface area (Å²) in [4.78, 5) is 19.0. The topological polar surface area (TPSA) is 89.6 Å². The molecule has 8 heteroatoms. The maximum Gasteiger partial charge on any atom is 0.249 e. The zero-order valence-electron chi connectivity index (χ0n) is 17.7. The summed E-state index contributed by atoms with van der Waals surface area (Å²) >= 11 is 0.